The highest BCUT2D eigenvalue weighted by Crippen LogP contribution is 2.21. The fourth-order valence-electron chi connectivity index (χ4n) is 1.23. The molecule has 0 fully saturated rings. The van der Waals surface area contributed by atoms with Gasteiger partial charge in [0.2, 0.25) is 0 Å². The summed E-state index contributed by atoms with van der Waals surface area (Å²) in [5.74, 6) is -3.92. The summed E-state index contributed by atoms with van der Waals surface area (Å²) in [7, 11) is 1.48. The molecule has 0 radical (unpaired) electrons. The van der Waals surface area contributed by atoms with Crippen LogP contribution in [-0.2, 0) is 4.74 Å². The summed E-state index contributed by atoms with van der Waals surface area (Å²) in [6.45, 7) is 0.333. The highest BCUT2D eigenvalue weighted by Gasteiger charge is 2.17. The molecule has 0 heterocycles. The van der Waals surface area contributed by atoms with E-state index in [1.807, 2.05) is 0 Å². The van der Waals surface area contributed by atoms with Crippen molar-refractivity contribution in [3.05, 3.63) is 35.1 Å². The maximum Gasteiger partial charge on any atom is 0.194 e. The smallest absolute Gasteiger partial charge is 0.194 e. The minimum atomic E-state index is -1.49. The van der Waals surface area contributed by atoms with Crippen molar-refractivity contribution in [3.8, 4) is 0 Å². The standard InChI is InChI=1S/C10H12F3NO/c1-15-5-4-8(14)6-2-3-7(11)10(13)9(6)12/h2-3,8H,4-5,14H2,1H3. The second kappa shape index (κ2) is 5.14. The van der Waals surface area contributed by atoms with Crippen molar-refractivity contribution < 1.29 is 17.9 Å². The molecule has 0 bridgehead atoms. The first-order valence-corrected chi connectivity index (χ1v) is 4.45. The number of ether oxygens (including phenoxy) is 1. The van der Waals surface area contributed by atoms with Crippen LogP contribution < -0.4 is 5.73 Å². The van der Waals surface area contributed by atoms with Crippen molar-refractivity contribution in [3.63, 3.8) is 0 Å². The summed E-state index contributed by atoms with van der Waals surface area (Å²) < 4.78 is 43.4. The molecule has 0 aliphatic rings. The number of halogens is 3. The van der Waals surface area contributed by atoms with Gasteiger partial charge in [-0.2, -0.15) is 0 Å². The highest BCUT2D eigenvalue weighted by atomic mass is 19.2. The minimum absolute atomic E-state index is 0.0362. The predicted octanol–water partition coefficient (Wildman–Crippen LogP) is 2.14. The summed E-state index contributed by atoms with van der Waals surface area (Å²) in [4.78, 5) is 0. The Morgan fingerprint density at radius 1 is 1.27 bits per heavy atom. The van der Waals surface area contributed by atoms with Crippen LogP contribution in [0.5, 0.6) is 0 Å². The van der Waals surface area contributed by atoms with E-state index in [2.05, 4.69) is 0 Å². The number of hydrogen-bond acceptors (Lipinski definition) is 2. The number of nitrogens with two attached hydrogens (primary N) is 1. The third-order valence-corrected chi connectivity index (χ3v) is 2.10. The van der Waals surface area contributed by atoms with E-state index >= 15 is 0 Å². The highest BCUT2D eigenvalue weighted by molar-refractivity contribution is 5.23. The Morgan fingerprint density at radius 3 is 2.53 bits per heavy atom. The molecule has 0 saturated carbocycles. The largest absolute Gasteiger partial charge is 0.385 e. The Balaban J connectivity index is 2.90. The molecule has 5 heteroatoms. The van der Waals surface area contributed by atoms with Gasteiger partial charge in [-0.15, -0.1) is 0 Å². The molecule has 0 aromatic heterocycles. The lowest BCUT2D eigenvalue weighted by Gasteiger charge is -2.12. The quantitative estimate of drug-likeness (QED) is 0.787. The van der Waals surface area contributed by atoms with Crippen LogP contribution in [0.4, 0.5) is 13.2 Å². The van der Waals surface area contributed by atoms with Crippen LogP contribution in [0, 0.1) is 17.5 Å². The summed E-state index contributed by atoms with van der Waals surface area (Å²) in [5.41, 5.74) is 5.56. The molecule has 0 spiro atoms. The first-order valence-electron chi connectivity index (χ1n) is 4.45. The molecular formula is C10H12F3NO. The molecule has 0 saturated heterocycles. The lowest BCUT2D eigenvalue weighted by atomic mass is 10.0. The fraction of sp³-hybridized carbons (Fsp3) is 0.400. The average Bonchev–Trinajstić information content (AvgIpc) is 2.23. The summed E-state index contributed by atoms with van der Waals surface area (Å²) in [5, 5.41) is 0. The third-order valence-electron chi connectivity index (χ3n) is 2.10. The topological polar surface area (TPSA) is 35.2 Å². The Morgan fingerprint density at radius 2 is 1.93 bits per heavy atom. The lowest BCUT2D eigenvalue weighted by Crippen LogP contribution is -2.15. The summed E-state index contributed by atoms with van der Waals surface area (Å²) in [6.07, 6.45) is 0.346. The first-order chi connectivity index (χ1) is 7.07. The van der Waals surface area contributed by atoms with E-state index in [1.54, 1.807) is 0 Å². The summed E-state index contributed by atoms with van der Waals surface area (Å²) >= 11 is 0. The number of rotatable bonds is 4. The second-order valence-electron chi connectivity index (χ2n) is 3.15. The monoisotopic (exact) mass is 219 g/mol. The first kappa shape index (κ1) is 12.0. The molecule has 1 unspecified atom stereocenters. The SMILES string of the molecule is COCCC(N)c1ccc(F)c(F)c1F. The Labute approximate surface area is 85.8 Å². The molecular weight excluding hydrogens is 207 g/mol. The van der Waals surface area contributed by atoms with E-state index in [4.69, 9.17) is 10.5 Å². The van der Waals surface area contributed by atoms with E-state index in [0.717, 1.165) is 12.1 Å². The zero-order chi connectivity index (χ0) is 11.4. The molecule has 0 amide bonds. The Bertz CT molecular complexity index is 344. The van der Waals surface area contributed by atoms with E-state index in [1.165, 1.54) is 7.11 Å². The van der Waals surface area contributed by atoms with Crippen LogP contribution in [0.3, 0.4) is 0 Å². The van der Waals surface area contributed by atoms with Crippen LogP contribution in [-0.4, -0.2) is 13.7 Å². The predicted molar refractivity (Wildman–Crippen MR) is 49.7 cm³/mol. The van der Waals surface area contributed by atoms with Gasteiger partial charge in [0, 0.05) is 25.3 Å². The Kier molecular flexibility index (Phi) is 4.11. The number of benzene rings is 1. The van der Waals surface area contributed by atoms with Crippen LogP contribution in [0.25, 0.3) is 0 Å². The zero-order valence-corrected chi connectivity index (χ0v) is 8.27. The van der Waals surface area contributed by atoms with E-state index in [0.29, 0.717) is 13.0 Å². The fourth-order valence-corrected chi connectivity index (χ4v) is 1.23. The van der Waals surface area contributed by atoms with Crippen molar-refractivity contribution in [1.82, 2.24) is 0 Å². The van der Waals surface area contributed by atoms with Crippen LogP contribution >= 0.6 is 0 Å². The van der Waals surface area contributed by atoms with Gasteiger partial charge in [-0.1, -0.05) is 6.07 Å². The molecule has 1 aromatic rings. The number of methoxy groups -OCH3 is 1. The van der Waals surface area contributed by atoms with Gasteiger partial charge in [0.15, 0.2) is 17.5 Å². The third kappa shape index (κ3) is 2.70. The average molecular weight is 219 g/mol. The van der Waals surface area contributed by atoms with Crippen LogP contribution in [0.1, 0.15) is 18.0 Å². The zero-order valence-electron chi connectivity index (χ0n) is 8.27. The second-order valence-corrected chi connectivity index (χ2v) is 3.15. The molecule has 2 N–H and O–H groups in total. The molecule has 84 valence electrons. The molecule has 1 atom stereocenters. The van der Waals surface area contributed by atoms with Gasteiger partial charge in [0.1, 0.15) is 0 Å². The van der Waals surface area contributed by atoms with Crippen molar-refractivity contribution in [1.29, 1.82) is 0 Å². The van der Waals surface area contributed by atoms with Gasteiger partial charge in [-0.25, -0.2) is 13.2 Å². The van der Waals surface area contributed by atoms with Crippen molar-refractivity contribution >= 4 is 0 Å². The normalized spacial score (nSPS) is 12.9. The van der Waals surface area contributed by atoms with Gasteiger partial charge in [0.25, 0.3) is 0 Å². The molecule has 1 rings (SSSR count). The van der Waals surface area contributed by atoms with Gasteiger partial charge < -0.3 is 10.5 Å². The molecule has 0 aliphatic carbocycles. The van der Waals surface area contributed by atoms with E-state index in [-0.39, 0.29) is 5.56 Å². The van der Waals surface area contributed by atoms with E-state index in [9.17, 15) is 13.2 Å². The Hall–Kier alpha value is -1.07. The maximum atomic E-state index is 13.2. The molecule has 1 aromatic carbocycles. The van der Waals surface area contributed by atoms with Crippen molar-refractivity contribution in [2.24, 2.45) is 5.73 Å². The summed E-state index contributed by atoms with van der Waals surface area (Å²) in [6, 6.07) is 1.31. The van der Waals surface area contributed by atoms with Crippen LogP contribution in [0.2, 0.25) is 0 Å². The lowest BCUT2D eigenvalue weighted by molar-refractivity contribution is 0.187. The van der Waals surface area contributed by atoms with Crippen LogP contribution in [0.15, 0.2) is 12.1 Å². The minimum Gasteiger partial charge on any atom is -0.385 e. The van der Waals surface area contributed by atoms with Crippen molar-refractivity contribution in [2.45, 2.75) is 12.5 Å². The van der Waals surface area contributed by atoms with Gasteiger partial charge in [0.05, 0.1) is 0 Å². The molecule has 15 heavy (non-hydrogen) atoms. The molecule has 2 nitrogen and oxygen atoms in total. The van der Waals surface area contributed by atoms with Gasteiger partial charge in [-0.3, -0.25) is 0 Å². The molecule has 0 aliphatic heterocycles. The van der Waals surface area contributed by atoms with E-state index < -0.39 is 23.5 Å². The number of hydrogen-bond donors (Lipinski definition) is 1. The van der Waals surface area contributed by atoms with Gasteiger partial charge in [-0.05, 0) is 12.5 Å². The maximum absolute atomic E-state index is 13.2. The van der Waals surface area contributed by atoms with Gasteiger partial charge >= 0.3 is 0 Å². The van der Waals surface area contributed by atoms with Crippen molar-refractivity contribution in [2.75, 3.05) is 13.7 Å².